The van der Waals surface area contributed by atoms with Crippen molar-refractivity contribution in [3.8, 4) is 0 Å². The van der Waals surface area contributed by atoms with Gasteiger partial charge in [0.2, 0.25) is 5.91 Å². The summed E-state index contributed by atoms with van der Waals surface area (Å²) >= 11 is 1.97. The van der Waals surface area contributed by atoms with E-state index in [0.29, 0.717) is 40.1 Å². The molecule has 50 heavy (non-hydrogen) atoms. The van der Waals surface area contributed by atoms with Crippen molar-refractivity contribution in [2.75, 3.05) is 37.7 Å². The molecule has 1 heterocycles. The number of carboxylic acids is 1. The fourth-order valence-electron chi connectivity index (χ4n) is 13.4. The second-order valence-electron chi connectivity index (χ2n) is 18.3. The van der Waals surface area contributed by atoms with Gasteiger partial charge in [0.15, 0.2) is 0 Å². The zero-order valence-electron chi connectivity index (χ0n) is 32.1. The van der Waals surface area contributed by atoms with Gasteiger partial charge >= 0.3 is 5.97 Å². The third-order valence-electron chi connectivity index (χ3n) is 15.9. The maximum absolute atomic E-state index is 12.8. The molecule has 2 N–H and O–H groups in total. The van der Waals surface area contributed by atoms with E-state index in [9.17, 15) is 14.7 Å². The molecule has 4 saturated carbocycles. The van der Waals surface area contributed by atoms with Crippen LogP contribution in [0.1, 0.15) is 128 Å². The van der Waals surface area contributed by atoms with Crippen LogP contribution >= 0.6 is 11.8 Å². The smallest absolute Gasteiger partial charge is 0.335 e. The van der Waals surface area contributed by atoms with Gasteiger partial charge in [0.1, 0.15) is 0 Å². The standard InChI is InChI=1S/C41H60N2O3S.C3H6/c1-37(2)30(28-8-10-29(11-9-28)36(45)46)14-18-38(3)33(37)15-19-40(5)34(38)13-12-31-32-7-6-17-41(32,21-20-39(31,40)4)27-42-22-16-35(44)43-23-25-47-26-24-43;1-3-2/h8-11,14,31-34,42H,6-7,12-13,15-27H2,1-5H3,(H,45,46);3H,1H2,2H3/t31?,32?,33?,34?,38?,39-,40?,41?;/m1./s1. The van der Waals surface area contributed by atoms with Crippen LogP contribution in [-0.4, -0.2) is 59.6 Å². The van der Waals surface area contributed by atoms with E-state index in [4.69, 9.17) is 0 Å². The fourth-order valence-corrected chi connectivity index (χ4v) is 14.3. The number of rotatable bonds is 7. The summed E-state index contributed by atoms with van der Waals surface area (Å²) in [7, 11) is 0. The zero-order valence-corrected chi connectivity index (χ0v) is 32.9. The minimum absolute atomic E-state index is 0.0456. The van der Waals surface area contributed by atoms with Crippen LogP contribution in [0.2, 0.25) is 0 Å². The molecule has 6 aliphatic rings. The normalized spacial score (nSPS) is 38.6. The summed E-state index contributed by atoms with van der Waals surface area (Å²) in [4.78, 5) is 26.4. The Bertz CT molecular complexity index is 1450. The number of nitrogens with one attached hydrogen (secondary N) is 1. The molecule has 7 unspecified atom stereocenters. The number of allylic oxidation sites excluding steroid dienone is 3. The molecule has 1 aliphatic heterocycles. The molecule has 7 rings (SSSR count). The average molecular weight is 703 g/mol. The van der Waals surface area contributed by atoms with Crippen molar-refractivity contribution < 1.29 is 14.7 Å². The van der Waals surface area contributed by atoms with Crippen LogP contribution in [0.5, 0.6) is 0 Å². The van der Waals surface area contributed by atoms with Gasteiger partial charge in [0.25, 0.3) is 0 Å². The molecule has 1 aromatic carbocycles. The topological polar surface area (TPSA) is 69.6 Å². The second-order valence-corrected chi connectivity index (χ2v) is 19.5. The predicted octanol–water partition coefficient (Wildman–Crippen LogP) is 9.98. The Morgan fingerprint density at radius 1 is 0.920 bits per heavy atom. The maximum atomic E-state index is 12.8. The van der Waals surface area contributed by atoms with Crippen LogP contribution in [0, 0.1) is 50.7 Å². The minimum Gasteiger partial charge on any atom is -0.478 e. The van der Waals surface area contributed by atoms with Crippen molar-refractivity contribution >= 4 is 29.2 Å². The first-order valence-corrected chi connectivity index (χ1v) is 21.1. The number of fused-ring (bicyclic) bond motifs is 7. The van der Waals surface area contributed by atoms with E-state index >= 15 is 0 Å². The van der Waals surface area contributed by atoms with Crippen LogP contribution in [0.3, 0.4) is 0 Å². The highest BCUT2D eigenvalue weighted by molar-refractivity contribution is 7.99. The third kappa shape index (κ3) is 6.24. The number of amides is 1. The number of benzene rings is 1. The van der Waals surface area contributed by atoms with Crippen LogP contribution < -0.4 is 5.32 Å². The molecule has 8 atom stereocenters. The lowest BCUT2D eigenvalue weighted by molar-refractivity contribution is -0.222. The Hall–Kier alpha value is -2.05. The highest BCUT2D eigenvalue weighted by Gasteiger charge is 2.69. The van der Waals surface area contributed by atoms with E-state index in [0.717, 1.165) is 61.9 Å². The number of hydrogen-bond donors (Lipinski definition) is 2. The molecular weight excluding hydrogens is 637 g/mol. The molecular formula is C44H66N2O3S. The van der Waals surface area contributed by atoms with Crippen molar-refractivity contribution in [2.45, 2.75) is 112 Å². The quantitative estimate of drug-likeness (QED) is 0.219. The van der Waals surface area contributed by atoms with E-state index in [-0.39, 0.29) is 10.8 Å². The molecule has 5 aliphatic carbocycles. The highest BCUT2D eigenvalue weighted by atomic mass is 32.2. The van der Waals surface area contributed by atoms with Gasteiger partial charge in [-0.25, -0.2) is 4.79 Å². The van der Waals surface area contributed by atoms with E-state index in [2.05, 4.69) is 57.5 Å². The number of nitrogens with zero attached hydrogens (tertiary/aromatic N) is 1. The van der Waals surface area contributed by atoms with Crippen LogP contribution in [0.25, 0.3) is 5.57 Å². The van der Waals surface area contributed by atoms with Crippen molar-refractivity contribution in [1.29, 1.82) is 0 Å². The number of carboxylic acid groups (broad SMARTS) is 1. The summed E-state index contributed by atoms with van der Waals surface area (Å²) in [5.41, 5.74) is 4.45. The Kier molecular flexibility index (Phi) is 10.9. The summed E-state index contributed by atoms with van der Waals surface area (Å²) in [6, 6.07) is 7.63. The molecule has 1 amide bonds. The summed E-state index contributed by atoms with van der Waals surface area (Å²) in [6.07, 6.45) is 18.3. The Labute approximate surface area is 307 Å². The van der Waals surface area contributed by atoms with Gasteiger partial charge in [-0.1, -0.05) is 65.3 Å². The van der Waals surface area contributed by atoms with E-state index in [1.165, 1.54) is 68.9 Å². The van der Waals surface area contributed by atoms with Crippen molar-refractivity contribution in [1.82, 2.24) is 10.2 Å². The van der Waals surface area contributed by atoms with Crippen LogP contribution in [0.15, 0.2) is 43.0 Å². The fraction of sp³-hybridized carbons (Fsp3) is 0.727. The number of carbonyl (C=O) groups excluding carboxylic acids is 1. The van der Waals surface area contributed by atoms with E-state index < -0.39 is 5.97 Å². The Morgan fingerprint density at radius 2 is 1.62 bits per heavy atom. The Balaban J connectivity index is 0.00000139. The molecule has 276 valence electrons. The molecule has 1 aromatic rings. The molecule has 0 bridgehead atoms. The largest absolute Gasteiger partial charge is 0.478 e. The zero-order chi connectivity index (χ0) is 36.0. The predicted molar refractivity (Wildman–Crippen MR) is 209 cm³/mol. The number of hydrogen-bond acceptors (Lipinski definition) is 4. The molecule has 6 heteroatoms. The maximum Gasteiger partial charge on any atom is 0.335 e. The van der Waals surface area contributed by atoms with E-state index in [1.807, 2.05) is 30.8 Å². The lowest BCUT2D eigenvalue weighted by atomic mass is 9.32. The van der Waals surface area contributed by atoms with Gasteiger partial charge in [-0.2, -0.15) is 11.8 Å². The van der Waals surface area contributed by atoms with Gasteiger partial charge < -0.3 is 15.3 Å². The molecule has 0 spiro atoms. The monoisotopic (exact) mass is 702 g/mol. The number of thioether (sulfide) groups is 1. The van der Waals surface area contributed by atoms with Gasteiger partial charge in [0.05, 0.1) is 5.56 Å². The third-order valence-corrected chi connectivity index (χ3v) is 16.9. The SMILES string of the molecule is C=CC.CC1(C)C(c2ccc(C(=O)O)cc2)=CCC2(C)C1CCC1(C)C2CCC2C3CCCC3(CNCCC(=O)N3CCSCC3)CC[C@]21C. The molecule has 0 radical (unpaired) electrons. The summed E-state index contributed by atoms with van der Waals surface area (Å²) < 4.78 is 0. The average Bonchev–Trinajstić information content (AvgIpc) is 3.52. The molecule has 5 nitrogen and oxygen atoms in total. The lowest BCUT2D eigenvalue weighted by Crippen LogP contribution is -2.65. The van der Waals surface area contributed by atoms with Crippen molar-refractivity contribution in [2.24, 2.45) is 50.7 Å². The first-order valence-electron chi connectivity index (χ1n) is 19.9. The van der Waals surface area contributed by atoms with Crippen molar-refractivity contribution in [3.63, 3.8) is 0 Å². The molecule has 0 aromatic heterocycles. The summed E-state index contributed by atoms with van der Waals surface area (Å²) in [6.45, 7) is 22.1. The minimum atomic E-state index is -0.857. The number of carbonyl (C=O) groups is 2. The Morgan fingerprint density at radius 3 is 2.30 bits per heavy atom. The van der Waals surface area contributed by atoms with Gasteiger partial charge in [-0.3, -0.25) is 4.79 Å². The van der Waals surface area contributed by atoms with Gasteiger partial charge in [-0.05, 0) is 139 Å². The second kappa shape index (κ2) is 14.4. The van der Waals surface area contributed by atoms with Gasteiger partial charge in [-0.15, -0.1) is 6.58 Å². The highest BCUT2D eigenvalue weighted by Crippen LogP contribution is 2.77. The molecule has 1 saturated heterocycles. The lowest BCUT2D eigenvalue weighted by Gasteiger charge is -2.72. The van der Waals surface area contributed by atoms with Crippen LogP contribution in [-0.2, 0) is 4.79 Å². The van der Waals surface area contributed by atoms with Gasteiger partial charge in [0, 0.05) is 44.1 Å². The first kappa shape index (κ1) is 37.7. The van der Waals surface area contributed by atoms with Crippen LogP contribution in [0.4, 0.5) is 0 Å². The van der Waals surface area contributed by atoms with Crippen molar-refractivity contribution in [3.05, 3.63) is 54.1 Å². The van der Waals surface area contributed by atoms with E-state index in [1.54, 1.807) is 18.2 Å². The first-order chi connectivity index (χ1) is 23.8. The summed E-state index contributed by atoms with van der Waals surface area (Å²) in [5.74, 6) is 4.64. The number of aromatic carboxylic acids is 1. The summed E-state index contributed by atoms with van der Waals surface area (Å²) in [5, 5.41) is 13.3. The molecule has 5 fully saturated rings.